The highest BCUT2D eigenvalue weighted by Crippen LogP contribution is 2.36. The van der Waals surface area contributed by atoms with Crippen molar-refractivity contribution in [3.63, 3.8) is 0 Å². The van der Waals surface area contributed by atoms with Crippen molar-refractivity contribution in [2.45, 2.75) is 44.4 Å². The van der Waals surface area contributed by atoms with Gasteiger partial charge in [-0.05, 0) is 50.4 Å². The molecule has 38 heavy (non-hydrogen) atoms. The minimum Gasteiger partial charge on any atom is -0.490 e. The average Bonchev–Trinajstić information content (AvgIpc) is 3.34. The maximum Gasteiger partial charge on any atom is 0.127 e. The Morgan fingerprint density at radius 3 is 2.37 bits per heavy atom. The lowest BCUT2D eigenvalue weighted by Gasteiger charge is -2.32. The molecule has 7 nitrogen and oxygen atoms in total. The maximum atomic E-state index is 6.25. The van der Waals surface area contributed by atoms with E-state index >= 15 is 0 Å². The van der Waals surface area contributed by atoms with Crippen LogP contribution in [-0.2, 0) is 6.54 Å². The fourth-order valence-electron chi connectivity index (χ4n) is 5.79. The fraction of sp³-hybridized carbons (Fsp3) is 0.419. The predicted molar refractivity (Wildman–Crippen MR) is 154 cm³/mol. The number of nitrogens with zero attached hydrogens (tertiary/aromatic N) is 5. The number of ether oxygens (including phenoxy) is 1. The summed E-state index contributed by atoms with van der Waals surface area (Å²) in [4.78, 5) is 9.58. The summed E-state index contributed by atoms with van der Waals surface area (Å²) < 4.78 is 8.51. The first-order valence-electron chi connectivity index (χ1n) is 13.9. The minimum absolute atomic E-state index is 0.261. The molecule has 6 rings (SSSR count). The Morgan fingerprint density at radius 1 is 0.921 bits per heavy atom. The van der Waals surface area contributed by atoms with Crippen LogP contribution < -0.4 is 10.1 Å². The van der Waals surface area contributed by atoms with Crippen LogP contribution >= 0.6 is 0 Å². The van der Waals surface area contributed by atoms with E-state index in [-0.39, 0.29) is 6.10 Å². The second-order valence-corrected chi connectivity index (χ2v) is 10.8. The highest BCUT2D eigenvalue weighted by atomic mass is 16.5. The number of rotatable bonds is 7. The summed E-state index contributed by atoms with van der Waals surface area (Å²) >= 11 is 0. The van der Waals surface area contributed by atoms with E-state index in [1.807, 2.05) is 43.6 Å². The van der Waals surface area contributed by atoms with Gasteiger partial charge in [-0.3, -0.25) is 9.58 Å². The van der Waals surface area contributed by atoms with Crippen LogP contribution in [0.2, 0.25) is 0 Å². The van der Waals surface area contributed by atoms with E-state index in [0.29, 0.717) is 6.04 Å². The van der Waals surface area contributed by atoms with Gasteiger partial charge in [0.15, 0.2) is 0 Å². The quantitative estimate of drug-likeness (QED) is 0.357. The molecule has 0 atom stereocenters. The molecule has 2 aromatic heterocycles. The van der Waals surface area contributed by atoms with Gasteiger partial charge in [0.2, 0.25) is 0 Å². The Labute approximate surface area is 225 Å². The number of piperazine rings is 1. The number of pyridine rings is 1. The second-order valence-electron chi connectivity index (χ2n) is 10.8. The highest BCUT2D eigenvalue weighted by Gasteiger charge is 2.27. The molecule has 0 unspecified atom stereocenters. The lowest BCUT2D eigenvalue weighted by atomic mass is 9.93. The SMILES string of the molecule is CNc1cc2c(cn1)c(-c1ccc(CN3CCN(C)CC3)cc1)nn2[C@H]1CC[C@H](Oc2ccccc2)CC1. The number of nitrogens with one attached hydrogen (secondary N) is 1. The summed E-state index contributed by atoms with van der Waals surface area (Å²) in [7, 11) is 4.12. The van der Waals surface area contributed by atoms with E-state index in [1.54, 1.807) is 0 Å². The molecule has 1 saturated carbocycles. The number of anilines is 1. The summed E-state index contributed by atoms with van der Waals surface area (Å²) in [6.45, 7) is 5.55. The van der Waals surface area contributed by atoms with Gasteiger partial charge in [0.1, 0.15) is 17.3 Å². The molecular weight excluding hydrogens is 472 g/mol. The number of hydrogen-bond donors (Lipinski definition) is 1. The Morgan fingerprint density at radius 2 is 1.66 bits per heavy atom. The molecule has 0 spiro atoms. The Kier molecular flexibility index (Phi) is 7.29. The van der Waals surface area contributed by atoms with E-state index < -0.39 is 0 Å². The zero-order valence-electron chi connectivity index (χ0n) is 22.5. The van der Waals surface area contributed by atoms with E-state index in [0.717, 1.165) is 92.1 Å². The van der Waals surface area contributed by atoms with E-state index in [9.17, 15) is 0 Å². The summed E-state index contributed by atoms with van der Waals surface area (Å²) in [5.74, 6) is 1.83. The van der Waals surface area contributed by atoms with Crippen LogP contribution in [0.25, 0.3) is 22.2 Å². The van der Waals surface area contributed by atoms with Gasteiger partial charge in [0.05, 0.1) is 17.7 Å². The van der Waals surface area contributed by atoms with E-state index in [1.165, 1.54) is 5.56 Å². The number of fused-ring (bicyclic) bond motifs is 1. The fourth-order valence-corrected chi connectivity index (χ4v) is 5.79. The first-order valence-corrected chi connectivity index (χ1v) is 13.9. The molecule has 0 bridgehead atoms. The Hall–Kier alpha value is -3.42. The summed E-state index contributed by atoms with van der Waals surface area (Å²) in [6, 6.07) is 21.7. The maximum absolute atomic E-state index is 6.25. The third kappa shape index (κ3) is 5.40. The number of aromatic nitrogens is 3. The zero-order valence-corrected chi connectivity index (χ0v) is 22.5. The van der Waals surface area contributed by atoms with Gasteiger partial charge in [-0.15, -0.1) is 0 Å². The van der Waals surface area contributed by atoms with Gasteiger partial charge in [-0.25, -0.2) is 4.98 Å². The first kappa shape index (κ1) is 24.9. The number of likely N-dealkylation sites (N-methyl/N-ethyl adjacent to an activating group) is 1. The van der Waals surface area contributed by atoms with Crippen molar-refractivity contribution in [3.05, 3.63) is 72.4 Å². The van der Waals surface area contributed by atoms with Crippen LogP contribution in [0.15, 0.2) is 66.9 Å². The minimum atomic E-state index is 0.261. The molecule has 4 aromatic rings. The molecule has 2 aliphatic rings. The number of benzene rings is 2. The summed E-state index contributed by atoms with van der Waals surface area (Å²) in [5.41, 5.74) is 4.67. The third-order valence-corrected chi connectivity index (χ3v) is 8.11. The standard InChI is InChI=1S/C31H38N6O/c1-32-30-20-29-28(21-33-30)31(24-10-8-23(9-11-24)22-36-18-16-35(2)17-19-36)34-37(29)25-12-14-27(15-13-25)38-26-6-4-3-5-7-26/h3-11,20-21,25,27H,12-19,22H2,1-2H3,(H,32,33)/t25-,27-. The van der Waals surface area contributed by atoms with Crippen LogP contribution in [0.5, 0.6) is 5.75 Å². The van der Waals surface area contributed by atoms with Crippen molar-refractivity contribution in [3.8, 4) is 17.0 Å². The van der Waals surface area contributed by atoms with Gasteiger partial charge < -0.3 is 15.0 Å². The molecule has 2 fully saturated rings. The molecule has 1 aliphatic heterocycles. The van der Waals surface area contributed by atoms with E-state index in [4.69, 9.17) is 9.84 Å². The van der Waals surface area contributed by atoms with Crippen LogP contribution in [0.4, 0.5) is 5.82 Å². The van der Waals surface area contributed by atoms with Crippen molar-refractivity contribution < 1.29 is 4.74 Å². The monoisotopic (exact) mass is 510 g/mol. The topological polar surface area (TPSA) is 58.5 Å². The van der Waals surface area contributed by atoms with Gasteiger partial charge in [-0.2, -0.15) is 5.10 Å². The molecular formula is C31H38N6O. The molecule has 0 radical (unpaired) electrons. The summed E-state index contributed by atoms with van der Waals surface area (Å²) in [6.07, 6.45) is 6.39. The highest BCUT2D eigenvalue weighted by molar-refractivity contribution is 5.94. The molecule has 3 heterocycles. The van der Waals surface area contributed by atoms with Crippen molar-refractivity contribution in [2.24, 2.45) is 0 Å². The van der Waals surface area contributed by atoms with Crippen molar-refractivity contribution in [2.75, 3.05) is 45.6 Å². The van der Waals surface area contributed by atoms with E-state index in [2.05, 4.69) is 62.2 Å². The zero-order chi connectivity index (χ0) is 25.9. The average molecular weight is 511 g/mol. The van der Waals surface area contributed by atoms with Crippen LogP contribution in [0, 0.1) is 0 Å². The van der Waals surface area contributed by atoms with Gasteiger partial charge in [-0.1, -0.05) is 42.5 Å². The molecule has 1 saturated heterocycles. The van der Waals surface area contributed by atoms with Crippen LogP contribution in [0.1, 0.15) is 37.3 Å². The molecule has 7 heteroatoms. The third-order valence-electron chi connectivity index (χ3n) is 8.11. The summed E-state index contributed by atoms with van der Waals surface area (Å²) in [5, 5.41) is 9.52. The van der Waals surface area contributed by atoms with Gasteiger partial charge >= 0.3 is 0 Å². The van der Waals surface area contributed by atoms with Gasteiger partial charge in [0, 0.05) is 63.0 Å². The smallest absolute Gasteiger partial charge is 0.127 e. The molecule has 1 N–H and O–H groups in total. The van der Waals surface area contributed by atoms with Crippen molar-refractivity contribution >= 4 is 16.7 Å². The molecule has 1 aliphatic carbocycles. The Bertz CT molecular complexity index is 1340. The van der Waals surface area contributed by atoms with Gasteiger partial charge in [0.25, 0.3) is 0 Å². The second kappa shape index (κ2) is 11.1. The number of para-hydroxylation sites is 1. The molecule has 198 valence electrons. The lowest BCUT2D eigenvalue weighted by molar-refractivity contribution is 0.131. The lowest BCUT2D eigenvalue weighted by Crippen LogP contribution is -2.43. The molecule has 0 amide bonds. The molecule has 2 aromatic carbocycles. The van der Waals surface area contributed by atoms with Crippen molar-refractivity contribution in [1.29, 1.82) is 0 Å². The van der Waals surface area contributed by atoms with Crippen LogP contribution in [0.3, 0.4) is 0 Å². The Balaban J connectivity index is 1.21. The van der Waals surface area contributed by atoms with Crippen LogP contribution in [-0.4, -0.2) is 70.9 Å². The number of hydrogen-bond acceptors (Lipinski definition) is 6. The predicted octanol–water partition coefficient (Wildman–Crippen LogP) is 5.45. The van der Waals surface area contributed by atoms with Crippen molar-refractivity contribution in [1.82, 2.24) is 24.6 Å². The normalized spacial score (nSPS) is 21.0. The first-order chi connectivity index (χ1) is 18.7. The largest absolute Gasteiger partial charge is 0.490 e.